The van der Waals surface area contributed by atoms with Gasteiger partial charge in [-0.15, -0.1) is 0 Å². The fourth-order valence-electron chi connectivity index (χ4n) is 3.42. The predicted octanol–water partition coefficient (Wildman–Crippen LogP) is 5.35. The van der Waals surface area contributed by atoms with Crippen molar-refractivity contribution in [1.29, 1.82) is 0 Å². The number of fused-ring (bicyclic) bond motifs is 1. The summed E-state index contributed by atoms with van der Waals surface area (Å²) in [6.45, 7) is 13.1. The summed E-state index contributed by atoms with van der Waals surface area (Å²) in [5, 5.41) is 2.95. The van der Waals surface area contributed by atoms with E-state index in [0.29, 0.717) is 36.1 Å². The topological polar surface area (TPSA) is 58.6 Å². The number of amides is 2. The maximum atomic E-state index is 13.1. The highest BCUT2D eigenvalue weighted by Gasteiger charge is 2.37. The number of hydrogen-bond donors (Lipinski definition) is 1. The smallest absolute Gasteiger partial charge is 0.255 e. The molecule has 0 fully saturated rings. The Labute approximate surface area is 179 Å². The molecule has 3 rings (SSSR count). The molecule has 0 spiro atoms. The first-order valence-corrected chi connectivity index (χ1v) is 10.6. The summed E-state index contributed by atoms with van der Waals surface area (Å²) in [5.41, 5.74) is 3.64. The quantitative estimate of drug-likeness (QED) is 0.725. The average molecular weight is 409 g/mol. The number of benzene rings is 2. The molecule has 2 amide bonds. The molecule has 0 saturated carbocycles. The fraction of sp³-hybridized carbons (Fsp3) is 0.440. The molecular weight excluding hydrogens is 376 g/mol. The molecule has 0 saturated heterocycles. The highest BCUT2D eigenvalue weighted by Crippen LogP contribution is 2.38. The van der Waals surface area contributed by atoms with Gasteiger partial charge < -0.3 is 15.0 Å². The van der Waals surface area contributed by atoms with Gasteiger partial charge in [-0.05, 0) is 75.4 Å². The molecule has 0 bridgehead atoms. The SMILES string of the molecule is Cc1ccc(C(=O)Nc2ccc3c(c2)OCC(C)(C)C(=O)N3CCC(C)C)cc1C. The molecule has 2 aromatic rings. The summed E-state index contributed by atoms with van der Waals surface area (Å²) in [4.78, 5) is 27.7. The van der Waals surface area contributed by atoms with Crippen LogP contribution >= 0.6 is 0 Å². The molecule has 0 atom stereocenters. The normalized spacial score (nSPS) is 15.4. The van der Waals surface area contributed by atoms with Crippen molar-refractivity contribution in [2.45, 2.75) is 48.0 Å². The Morgan fingerprint density at radius 1 is 1.13 bits per heavy atom. The van der Waals surface area contributed by atoms with E-state index >= 15 is 0 Å². The molecule has 1 aliphatic rings. The van der Waals surface area contributed by atoms with Gasteiger partial charge in [0.25, 0.3) is 5.91 Å². The lowest BCUT2D eigenvalue weighted by Gasteiger charge is -2.28. The van der Waals surface area contributed by atoms with Gasteiger partial charge in [-0.2, -0.15) is 0 Å². The van der Waals surface area contributed by atoms with Crippen LogP contribution in [0.25, 0.3) is 0 Å². The first kappa shape index (κ1) is 21.9. The monoisotopic (exact) mass is 408 g/mol. The zero-order valence-electron chi connectivity index (χ0n) is 18.8. The summed E-state index contributed by atoms with van der Waals surface area (Å²) in [7, 11) is 0. The minimum Gasteiger partial charge on any atom is -0.490 e. The molecule has 0 aliphatic carbocycles. The first-order valence-electron chi connectivity index (χ1n) is 10.6. The third-order valence-corrected chi connectivity index (χ3v) is 5.62. The minimum atomic E-state index is -0.612. The van der Waals surface area contributed by atoms with Crippen molar-refractivity contribution in [3.8, 4) is 5.75 Å². The Morgan fingerprint density at radius 3 is 2.53 bits per heavy atom. The van der Waals surface area contributed by atoms with Crippen LogP contribution in [-0.2, 0) is 4.79 Å². The molecule has 1 N–H and O–H groups in total. The lowest BCUT2D eigenvalue weighted by Crippen LogP contribution is -2.42. The molecule has 30 heavy (non-hydrogen) atoms. The largest absolute Gasteiger partial charge is 0.490 e. The molecule has 0 aromatic heterocycles. The highest BCUT2D eigenvalue weighted by molar-refractivity contribution is 6.05. The van der Waals surface area contributed by atoms with E-state index in [1.54, 1.807) is 0 Å². The van der Waals surface area contributed by atoms with Crippen LogP contribution in [0.1, 0.15) is 55.6 Å². The maximum absolute atomic E-state index is 13.1. The molecule has 2 aromatic carbocycles. The van der Waals surface area contributed by atoms with Crippen LogP contribution in [0.3, 0.4) is 0 Å². The van der Waals surface area contributed by atoms with Gasteiger partial charge >= 0.3 is 0 Å². The van der Waals surface area contributed by atoms with Crippen LogP contribution in [0, 0.1) is 25.2 Å². The first-order chi connectivity index (χ1) is 14.1. The van der Waals surface area contributed by atoms with Gasteiger partial charge in [-0.3, -0.25) is 9.59 Å². The van der Waals surface area contributed by atoms with E-state index in [9.17, 15) is 9.59 Å². The van der Waals surface area contributed by atoms with Crippen molar-refractivity contribution < 1.29 is 14.3 Å². The van der Waals surface area contributed by atoms with E-state index < -0.39 is 5.41 Å². The van der Waals surface area contributed by atoms with Gasteiger partial charge in [0, 0.05) is 23.9 Å². The minimum absolute atomic E-state index is 0.0637. The number of rotatable bonds is 5. The molecule has 1 aliphatic heterocycles. The summed E-state index contributed by atoms with van der Waals surface area (Å²) in [6.07, 6.45) is 0.909. The fourth-order valence-corrected chi connectivity index (χ4v) is 3.42. The van der Waals surface area contributed by atoms with Crippen molar-refractivity contribution in [2.24, 2.45) is 11.3 Å². The van der Waals surface area contributed by atoms with Crippen LogP contribution in [0.4, 0.5) is 11.4 Å². The number of nitrogens with one attached hydrogen (secondary N) is 1. The van der Waals surface area contributed by atoms with Gasteiger partial charge in [-0.25, -0.2) is 0 Å². The lowest BCUT2D eigenvalue weighted by molar-refractivity contribution is -0.127. The Balaban J connectivity index is 1.87. The van der Waals surface area contributed by atoms with Crippen LogP contribution in [0.2, 0.25) is 0 Å². The average Bonchev–Trinajstić information content (AvgIpc) is 2.77. The summed E-state index contributed by atoms with van der Waals surface area (Å²) >= 11 is 0. The third kappa shape index (κ3) is 4.66. The van der Waals surface area contributed by atoms with Crippen LogP contribution in [0.5, 0.6) is 5.75 Å². The number of carbonyl (C=O) groups is 2. The van der Waals surface area contributed by atoms with Crippen molar-refractivity contribution in [3.05, 3.63) is 53.1 Å². The highest BCUT2D eigenvalue weighted by atomic mass is 16.5. The molecule has 160 valence electrons. The second-order valence-corrected chi connectivity index (χ2v) is 9.25. The number of aryl methyl sites for hydroxylation is 2. The molecule has 0 unspecified atom stereocenters. The second kappa shape index (κ2) is 8.50. The van der Waals surface area contributed by atoms with E-state index in [1.165, 1.54) is 0 Å². The van der Waals surface area contributed by atoms with Crippen molar-refractivity contribution in [1.82, 2.24) is 0 Å². The summed E-state index contributed by atoms with van der Waals surface area (Å²) in [5.74, 6) is 1.01. The van der Waals surface area contributed by atoms with Gasteiger partial charge in [0.1, 0.15) is 12.4 Å². The van der Waals surface area contributed by atoms with E-state index in [2.05, 4.69) is 19.2 Å². The Hall–Kier alpha value is -2.82. The van der Waals surface area contributed by atoms with Crippen LogP contribution in [-0.4, -0.2) is 25.0 Å². The van der Waals surface area contributed by atoms with Gasteiger partial charge in [-0.1, -0.05) is 19.9 Å². The van der Waals surface area contributed by atoms with E-state index in [0.717, 1.165) is 23.2 Å². The molecule has 1 heterocycles. The Morgan fingerprint density at radius 2 is 1.87 bits per heavy atom. The van der Waals surface area contributed by atoms with E-state index in [4.69, 9.17) is 4.74 Å². The number of hydrogen-bond acceptors (Lipinski definition) is 3. The van der Waals surface area contributed by atoms with Gasteiger partial charge in [0.2, 0.25) is 5.91 Å². The number of nitrogens with zero attached hydrogens (tertiary/aromatic N) is 1. The Kier molecular flexibility index (Phi) is 6.20. The predicted molar refractivity (Wildman–Crippen MR) is 121 cm³/mol. The van der Waals surface area contributed by atoms with E-state index in [1.807, 2.05) is 69.0 Å². The summed E-state index contributed by atoms with van der Waals surface area (Å²) < 4.78 is 6.02. The van der Waals surface area contributed by atoms with Gasteiger partial charge in [0.05, 0.1) is 11.1 Å². The Bertz CT molecular complexity index is 963. The molecule has 5 heteroatoms. The summed E-state index contributed by atoms with van der Waals surface area (Å²) in [6, 6.07) is 11.2. The zero-order valence-corrected chi connectivity index (χ0v) is 18.8. The lowest BCUT2D eigenvalue weighted by atomic mass is 9.92. The molecular formula is C25H32N2O3. The second-order valence-electron chi connectivity index (χ2n) is 9.25. The molecule has 0 radical (unpaired) electrons. The van der Waals surface area contributed by atoms with Crippen molar-refractivity contribution in [2.75, 3.05) is 23.4 Å². The third-order valence-electron chi connectivity index (χ3n) is 5.62. The van der Waals surface area contributed by atoms with Crippen molar-refractivity contribution >= 4 is 23.2 Å². The number of anilines is 2. The number of carbonyl (C=O) groups excluding carboxylic acids is 2. The van der Waals surface area contributed by atoms with Gasteiger partial charge in [0.15, 0.2) is 0 Å². The van der Waals surface area contributed by atoms with Crippen molar-refractivity contribution in [3.63, 3.8) is 0 Å². The maximum Gasteiger partial charge on any atom is 0.255 e. The zero-order chi connectivity index (χ0) is 22.1. The van der Waals surface area contributed by atoms with E-state index in [-0.39, 0.29) is 11.8 Å². The standard InChI is InChI=1S/C25H32N2O3/c1-16(2)11-12-27-21-10-9-20(14-22(21)30-15-25(5,6)24(27)29)26-23(28)19-8-7-17(3)18(4)13-19/h7-10,13-14,16H,11-12,15H2,1-6H3,(H,26,28). The van der Waals surface area contributed by atoms with Crippen LogP contribution < -0.4 is 15.0 Å². The van der Waals surface area contributed by atoms with Crippen LogP contribution in [0.15, 0.2) is 36.4 Å². The molecule has 5 nitrogen and oxygen atoms in total. The number of ether oxygens (including phenoxy) is 1.